The van der Waals surface area contributed by atoms with E-state index in [1.165, 1.54) is 25.7 Å². The minimum atomic E-state index is -0.246. The van der Waals surface area contributed by atoms with Crippen molar-refractivity contribution in [2.45, 2.75) is 38.2 Å². The Morgan fingerprint density at radius 3 is 2.65 bits per heavy atom. The number of benzene rings is 1. The largest absolute Gasteiger partial charge is 0.439 e. The normalized spacial score (nSPS) is 14.2. The number of rotatable bonds is 8. The van der Waals surface area contributed by atoms with E-state index in [1.807, 2.05) is 30.3 Å². The molecule has 26 heavy (non-hydrogen) atoms. The Kier molecular flexibility index (Phi) is 6.84. The highest BCUT2D eigenvalue weighted by Crippen LogP contribution is 2.21. The minimum absolute atomic E-state index is 0.246. The van der Waals surface area contributed by atoms with Crippen LogP contribution in [0.4, 0.5) is 10.5 Å². The highest BCUT2D eigenvalue weighted by molar-refractivity contribution is 5.88. The van der Waals surface area contributed by atoms with Crippen LogP contribution in [0.25, 0.3) is 0 Å². The van der Waals surface area contributed by atoms with E-state index < -0.39 is 0 Å². The molecular formula is C20H25N3O3. The molecule has 1 aromatic heterocycles. The number of para-hydroxylation sites is 1. The van der Waals surface area contributed by atoms with Crippen LogP contribution < -0.4 is 15.4 Å². The Labute approximate surface area is 153 Å². The van der Waals surface area contributed by atoms with E-state index in [0.29, 0.717) is 30.8 Å². The van der Waals surface area contributed by atoms with Gasteiger partial charge in [0, 0.05) is 19.2 Å². The van der Waals surface area contributed by atoms with Crippen LogP contribution in [0.2, 0.25) is 0 Å². The van der Waals surface area contributed by atoms with E-state index in [0.717, 1.165) is 12.2 Å². The Morgan fingerprint density at radius 2 is 1.92 bits per heavy atom. The Morgan fingerprint density at radius 1 is 1.12 bits per heavy atom. The topological polar surface area (TPSA) is 72.5 Å². The van der Waals surface area contributed by atoms with E-state index in [1.54, 1.807) is 18.3 Å². The van der Waals surface area contributed by atoms with Gasteiger partial charge in [-0.3, -0.25) is 0 Å². The van der Waals surface area contributed by atoms with Crippen molar-refractivity contribution in [2.75, 3.05) is 18.5 Å². The average molecular weight is 355 g/mol. The van der Waals surface area contributed by atoms with Crippen LogP contribution in [0, 0.1) is 0 Å². The third kappa shape index (κ3) is 6.04. The maximum atomic E-state index is 11.9. The zero-order chi connectivity index (χ0) is 18.0. The van der Waals surface area contributed by atoms with Crippen molar-refractivity contribution in [3.05, 3.63) is 48.7 Å². The summed E-state index contributed by atoms with van der Waals surface area (Å²) in [5.74, 6) is 1.20. The molecule has 6 heteroatoms. The summed E-state index contributed by atoms with van der Waals surface area (Å²) in [6.07, 6.45) is 7.69. The molecule has 6 nitrogen and oxygen atoms in total. The SMILES string of the molecule is O=C(NCCCOC1CCCC1)Nc1ccc(Oc2ccccc2)nc1. The molecule has 3 rings (SSSR count). The van der Waals surface area contributed by atoms with E-state index in [4.69, 9.17) is 9.47 Å². The van der Waals surface area contributed by atoms with Crippen molar-refractivity contribution < 1.29 is 14.3 Å². The minimum Gasteiger partial charge on any atom is -0.439 e. The van der Waals surface area contributed by atoms with Gasteiger partial charge in [-0.15, -0.1) is 0 Å². The predicted molar refractivity (Wildman–Crippen MR) is 101 cm³/mol. The fraction of sp³-hybridized carbons (Fsp3) is 0.400. The van der Waals surface area contributed by atoms with Crippen LogP contribution in [-0.2, 0) is 4.74 Å². The lowest BCUT2D eigenvalue weighted by molar-refractivity contribution is 0.0572. The van der Waals surface area contributed by atoms with Gasteiger partial charge in [0.1, 0.15) is 5.75 Å². The number of carbonyl (C=O) groups excluding carboxylic acids is 1. The molecule has 1 heterocycles. The second-order valence-corrected chi connectivity index (χ2v) is 6.31. The number of pyridine rings is 1. The van der Waals surface area contributed by atoms with Gasteiger partial charge in [0.25, 0.3) is 0 Å². The van der Waals surface area contributed by atoms with Crippen molar-refractivity contribution in [3.63, 3.8) is 0 Å². The number of amides is 2. The van der Waals surface area contributed by atoms with Gasteiger partial charge in [-0.05, 0) is 37.5 Å². The number of carbonyl (C=O) groups is 1. The van der Waals surface area contributed by atoms with Gasteiger partial charge >= 0.3 is 6.03 Å². The summed E-state index contributed by atoms with van der Waals surface area (Å²) in [5, 5.41) is 5.58. The standard InChI is InChI=1S/C20H25N3O3/c24-20(21-13-6-14-25-17-7-4-5-8-17)23-16-11-12-19(22-15-16)26-18-9-2-1-3-10-18/h1-3,9-12,15,17H,4-8,13-14H2,(H2,21,23,24). The quantitative estimate of drug-likeness (QED) is 0.691. The molecule has 2 amide bonds. The molecule has 1 aromatic carbocycles. The Hall–Kier alpha value is -2.60. The molecule has 138 valence electrons. The summed E-state index contributed by atoms with van der Waals surface area (Å²) < 4.78 is 11.4. The number of anilines is 1. The van der Waals surface area contributed by atoms with Gasteiger partial charge in [-0.25, -0.2) is 9.78 Å². The van der Waals surface area contributed by atoms with Crippen LogP contribution in [0.5, 0.6) is 11.6 Å². The average Bonchev–Trinajstić information content (AvgIpc) is 3.17. The predicted octanol–water partition coefficient (Wildman–Crippen LogP) is 4.34. The molecule has 1 aliphatic carbocycles. The van der Waals surface area contributed by atoms with Crippen LogP contribution in [-0.4, -0.2) is 30.3 Å². The summed E-state index contributed by atoms with van der Waals surface area (Å²) in [6, 6.07) is 12.7. The molecule has 2 aromatic rings. The molecule has 0 atom stereocenters. The van der Waals surface area contributed by atoms with E-state index in [9.17, 15) is 4.79 Å². The first-order valence-corrected chi connectivity index (χ1v) is 9.15. The molecule has 0 spiro atoms. The number of hydrogen-bond acceptors (Lipinski definition) is 4. The second-order valence-electron chi connectivity index (χ2n) is 6.31. The van der Waals surface area contributed by atoms with Gasteiger partial charge in [-0.1, -0.05) is 31.0 Å². The molecule has 0 saturated heterocycles. The maximum Gasteiger partial charge on any atom is 0.319 e. The van der Waals surface area contributed by atoms with Crippen molar-refractivity contribution >= 4 is 11.7 Å². The zero-order valence-corrected chi connectivity index (χ0v) is 14.8. The molecule has 0 aliphatic heterocycles. The lowest BCUT2D eigenvalue weighted by Gasteiger charge is -2.11. The number of aromatic nitrogens is 1. The fourth-order valence-corrected chi connectivity index (χ4v) is 2.88. The maximum absolute atomic E-state index is 11.9. The first-order chi connectivity index (χ1) is 12.8. The van der Waals surface area contributed by atoms with Crippen molar-refractivity contribution in [1.82, 2.24) is 10.3 Å². The number of hydrogen-bond donors (Lipinski definition) is 2. The summed E-state index contributed by atoms with van der Waals surface area (Å²) >= 11 is 0. The van der Waals surface area contributed by atoms with Gasteiger partial charge in [0.05, 0.1) is 18.0 Å². The lowest BCUT2D eigenvalue weighted by Crippen LogP contribution is -2.30. The first-order valence-electron chi connectivity index (χ1n) is 9.15. The summed E-state index contributed by atoms with van der Waals surface area (Å²) in [4.78, 5) is 16.1. The highest BCUT2D eigenvalue weighted by atomic mass is 16.5. The summed E-state index contributed by atoms with van der Waals surface area (Å²) in [6.45, 7) is 1.28. The number of urea groups is 1. The molecule has 1 fully saturated rings. The zero-order valence-electron chi connectivity index (χ0n) is 14.8. The second kappa shape index (κ2) is 9.77. The Balaban J connectivity index is 1.33. The first kappa shape index (κ1) is 18.2. The van der Waals surface area contributed by atoms with Gasteiger partial charge in [-0.2, -0.15) is 0 Å². The van der Waals surface area contributed by atoms with E-state index in [2.05, 4.69) is 15.6 Å². The molecular weight excluding hydrogens is 330 g/mol. The molecule has 2 N–H and O–H groups in total. The van der Waals surface area contributed by atoms with Crippen LogP contribution in [0.1, 0.15) is 32.1 Å². The number of ether oxygens (including phenoxy) is 2. The summed E-state index contributed by atoms with van der Waals surface area (Å²) in [7, 11) is 0. The molecule has 0 unspecified atom stereocenters. The summed E-state index contributed by atoms with van der Waals surface area (Å²) in [5.41, 5.74) is 0.616. The fourth-order valence-electron chi connectivity index (χ4n) is 2.88. The highest BCUT2D eigenvalue weighted by Gasteiger charge is 2.14. The monoisotopic (exact) mass is 355 g/mol. The molecule has 1 saturated carbocycles. The third-order valence-corrected chi connectivity index (χ3v) is 4.22. The molecule has 0 bridgehead atoms. The molecule has 0 radical (unpaired) electrons. The van der Waals surface area contributed by atoms with Gasteiger partial charge < -0.3 is 20.1 Å². The Bertz CT molecular complexity index is 670. The van der Waals surface area contributed by atoms with Crippen molar-refractivity contribution in [3.8, 4) is 11.6 Å². The van der Waals surface area contributed by atoms with Crippen LogP contribution >= 0.6 is 0 Å². The van der Waals surface area contributed by atoms with Crippen molar-refractivity contribution in [2.24, 2.45) is 0 Å². The smallest absolute Gasteiger partial charge is 0.319 e. The molecule has 1 aliphatic rings. The van der Waals surface area contributed by atoms with E-state index in [-0.39, 0.29) is 6.03 Å². The van der Waals surface area contributed by atoms with E-state index >= 15 is 0 Å². The van der Waals surface area contributed by atoms with Gasteiger partial charge in [0.15, 0.2) is 0 Å². The number of nitrogens with zero attached hydrogens (tertiary/aromatic N) is 1. The van der Waals surface area contributed by atoms with Crippen LogP contribution in [0.3, 0.4) is 0 Å². The van der Waals surface area contributed by atoms with Gasteiger partial charge in [0.2, 0.25) is 5.88 Å². The lowest BCUT2D eigenvalue weighted by atomic mass is 10.3. The van der Waals surface area contributed by atoms with Crippen molar-refractivity contribution in [1.29, 1.82) is 0 Å². The number of nitrogens with one attached hydrogen (secondary N) is 2. The van der Waals surface area contributed by atoms with Crippen LogP contribution in [0.15, 0.2) is 48.7 Å². The third-order valence-electron chi connectivity index (χ3n) is 4.22.